The van der Waals surface area contributed by atoms with Crippen molar-refractivity contribution in [2.75, 3.05) is 5.73 Å². The molecule has 0 aliphatic carbocycles. The van der Waals surface area contributed by atoms with E-state index in [1.807, 2.05) is 18.2 Å². The second-order valence-electron chi connectivity index (χ2n) is 3.80. The molecule has 0 atom stereocenters. The second kappa shape index (κ2) is 4.39. The molecule has 0 spiro atoms. The van der Waals surface area contributed by atoms with Crippen LogP contribution in [0.25, 0.3) is 10.7 Å². The molecule has 16 heavy (non-hydrogen) atoms. The first-order valence-electron chi connectivity index (χ1n) is 4.96. The molecule has 2 aromatic heterocycles. The topological polar surface area (TPSA) is 51.8 Å². The van der Waals surface area contributed by atoms with E-state index in [-0.39, 0.29) is 0 Å². The fourth-order valence-corrected chi connectivity index (χ4v) is 2.30. The van der Waals surface area contributed by atoms with Crippen LogP contribution in [0.2, 0.25) is 4.34 Å². The molecule has 0 fully saturated rings. The van der Waals surface area contributed by atoms with Crippen molar-refractivity contribution in [3.63, 3.8) is 0 Å². The molecule has 5 heteroatoms. The number of nitrogens with two attached hydrogens (primary N) is 1. The van der Waals surface area contributed by atoms with Crippen LogP contribution in [0.5, 0.6) is 0 Å². The highest BCUT2D eigenvalue weighted by Crippen LogP contribution is 2.30. The zero-order chi connectivity index (χ0) is 11.7. The van der Waals surface area contributed by atoms with Crippen LogP contribution in [0, 0.1) is 0 Å². The predicted octanol–water partition coefficient (Wildman–Crippen LogP) is 3.56. The molecule has 84 valence electrons. The van der Waals surface area contributed by atoms with E-state index in [0.29, 0.717) is 17.6 Å². The Hall–Kier alpha value is -1.13. The van der Waals surface area contributed by atoms with Crippen LogP contribution in [0.1, 0.15) is 25.5 Å². The number of aromatic nitrogens is 2. The summed E-state index contributed by atoms with van der Waals surface area (Å²) >= 11 is 7.34. The molecule has 0 aromatic carbocycles. The van der Waals surface area contributed by atoms with Crippen molar-refractivity contribution >= 4 is 28.8 Å². The molecule has 2 rings (SSSR count). The first-order chi connectivity index (χ1) is 7.56. The molecule has 0 aliphatic rings. The summed E-state index contributed by atoms with van der Waals surface area (Å²) in [6.45, 7) is 4.15. The van der Waals surface area contributed by atoms with Gasteiger partial charge in [-0.3, -0.25) is 0 Å². The molecule has 0 aliphatic heterocycles. The van der Waals surface area contributed by atoms with Crippen LogP contribution >= 0.6 is 22.9 Å². The highest BCUT2D eigenvalue weighted by atomic mass is 35.5. The Balaban J connectivity index is 2.49. The summed E-state index contributed by atoms with van der Waals surface area (Å²) < 4.78 is 0.729. The minimum Gasteiger partial charge on any atom is -0.384 e. The zero-order valence-electron chi connectivity index (χ0n) is 9.07. The lowest BCUT2D eigenvalue weighted by molar-refractivity contribution is 0.819. The van der Waals surface area contributed by atoms with Gasteiger partial charge in [-0.2, -0.15) is 0 Å². The molecular formula is C11H12ClN3S. The van der Waals surface area contributed by atoms with E-state index >= 15 is 0 Å². The number of hydrogen-bond donors (Lipinski definition) is 1. The van der Waals surface area contributed by atoms with E-state index in [0.717, 1.165) is 14.9 Å². The van der Waals surface area contributed by atoms with Gasteiger partial charge < -0.3 is 5.73 Å². The van der Waals surface area contributed by atoms with E-state index in [1.165, 1.54) is 11.3 Å². The van der Waals surface area contributed by atoms with Gasteiger partial charge in [-0.05, 0) is 18.1 Å². The van der Waals surface area contributed by atoms with Gasteiger partial charge in [0, 0.05) is 11.8 Å². The lowest BCUT2D eigenvalue weighted by atomic mass is 10.1. The summed E-state index contributed by atoms with van der Waals surface area (Å²) in [6, 6.07) is 5.55. The van der Waals surface area contributed by atoms with E-state index in [2.05, 4.69) is 23.8 Å². The van der Waals surface area contributed by atoms with Crippen molar-refractivity contribution < 1.29 is 0 Å². The predicted molar refractivity (Wildman–Crippen MR) is 68.9 cm³/mol. The Morgan fingerprint density at radius 3 is 2.62 bits per heavy atom. The molecule has 0 radical (unpaired) electrons. The molecule has 0 unspecified atom stereocenters. The van der Waals surface area contributed by atoms with Gasteiger partial charge >= 0.3 is 0 Å². The highest BCUT2D eigenvalue weighted by molar-refractivity contribution is 7.19. The van der Waals surface area contributed by atoms with Gasteiger partial charge in [0.05, 0.1) is 9.21 Å². The smallest absolute Gasteiger partial charge is 0.171 e. The van der Waals surface area contributed by atoms with Gasteiger partial charge in [0.1, 0.15) is 5.82 Å². The molecule has 2 heterocycles. The minimum atomic E-state index is 0.333. The van der Waals surface area contributed by atoms with E-state index in [1.54, 1.807) is 0 Å². The van der Waals surface area contributed by atoms with Crippen molar-refractivity contribution in [1.82, 2.24) is 9.97 Å². The summed E-state index contributed by atoms with van der Waals surface area (Å²) in [5, 5.41) is 0. The maximum atomic E-state index is 5.88. The Morgan fingerprint density at radius 2 is 2.06 bits per heavy atom. The minimum absolute atomic E-state index is 0.333. The quantitative estimate of drug-likeness (QED) is 0.890. The summed E-state index contributed by atoms with van der Waals surface area (Å²) in [5.41, 5.74) is 6.71. The third kappa shape index (κ3) is 2.33. The number of nitrogen functional groups attached to an aromatic ring is 1. The van der Waals surface area contributed by atoms with Gasteiger partial charge in [-0.15, -0.1) is 11.3 Å². The summed E-state index contributed by atoms with van der Waals surface area (Å²) in [6.07, 6.45) is 0. The molecule has 3 nitrogen and oxygen atoms in total. The van der Waals surface area contributed by atoms with Gasteiger partial charge in [0.15, 0.2) is 5.82 Å². The molecule has 2 N–H and O–H groups in total. The lowest BCUT2D eigenvalue weighted by Crippen LogP contribution is -2.00. The third-order valence-corrected chi connectivity index (χ3v) is 3.38. The number of nitrogens with zero attached hydrogens (tertiary/aromatic N) is 2. The first-order valence-corrected chi connectivity index (χ1v) is 6.16. The number of rotatable bonds is 2. The average Bonchev–Trinajstić information content (AvgIpc) is 2.64. The van der Waals surface area contributed by atoms with Crippen molar-refractivity contribution in [2.24, 2.45) is 0 Å². The monoisotopic (exact) mass is 253 g/mol. The molecule has 0 bridgehead atoms. The highest BCUT2D eigenvalue weighted by Gasteiger charge is 2.09. The van der Waals surface area contributed by atoms with Gasteiger partial charge in [-0.25, -0.2) is 9.97 Å². The van der Waals surface area contributed by atoms with Crippen LogP contribution in [0.3, 0.4) is 0 Å². The average molecular weight is 254 g/mol. The molecular weight excluding hydrogens is 242 g/mol. The van der Waals surface area contributed by atoms with Crippen molar-refractivity contribution in [1.29, 1.82) is 0 Å². The van der Waals surface area contributed by atoms with E-state index in [4.69, 9.17) is 17.3 Å². The van der Waals surface area contributed by atoms with Crippen LogP contribution in [-0.2, 0) is 0 Å². The number of halogens is 1. The van der Waals surface area contributed by atoms with E-state index in [9.17, 15) is 0 Å². The Bertz CT molecular complexity index is 508. The fourth-order valence-electron chi connectivity index (χ4n) is 1.33. The normalized spacial score (nSPS) is 11.0. The van der Waals surface area contributed by atoms with Crippen LogP contribution in [0.4, 0.5) is 5.82 Å². The standard InChI is InChI=1S/C11H12ClN3S/c1-6(2)7-5-10(13)15-11(14-7)8-3-4-9(12)16-8/h3-6H,1-2H3,(H2,13,14,15). The molecule has 2 aromatic rings. The fraction of sp³-hybridized carbons (Fsp3) is 0.273. The van der Waals surface area contributed by atoms with Gasteiger partial charge in [0.2, 0.25) is 0 Å². The van der Waals surface area contributed by atoms with Crippen molar-refractivity contribution in [3.8, 4) is 10.7 Å². The first kappa shape index (κ1) is 11.4. The van der Waals surface area contributed by atoms with Crippen molar-refractivity contribution in [3.05, 3.63) is 28.2 Å². The SMILES string of the molecule is CC(C)c1cc(N)nc(-c2ccc(Cl)s2)n1. The Labute approximate surface area is 103 Å². The summed E-state index contributed by atoms with van der Waals surface area (Å²) in [4.78, 5) is 9.64. The van der Waals surface area contributed by atoms with Gasteiger partial charge in [-0.1, -0.05) is 25.4 Å². The second-order valence-corrected chi connectivity index (χ2v) is 5.51. The molecule has 0 saturated heterocycles. The number of hydrogen-bond acceptors (Lipinski definition) is 4. The van der Waals surface area contributed by atoms with Gasteiger partial charge in [0.25, 0.3) is 0 Å². The Kier molecular flexibility index (Phi) is 3.12. The van der Waals surface area contributed by atoms with Crippen LogP contribution in [0.15, 0.2) is 18.2 Å². The Morgan fingerprint density at radius 1 is 1.31 bits per heavy atom. The van der Waals surface area contributed by atoms with Crippen molar-refractivity contribution in [2.45, 2.75) is 19.8 Å². The number of anilines is 1. The third-order valence-electron chi connectivity index (χ3n) is 2.15. The maximum Gasteiger partial charge on any atom is 0.171 e. The molecule has 0 amide bonds. The van der Waals surface area contributed by atoms with Crippen LogP contribution in [-0.4, -0.2) is 9.97 Å². The maximum absolute atomic E-state index is 5.88. The summed E-state index contributed by atoms with van der Waals surface area (Å²) in [7, 11) is 0. The summed E-state index contributed by atoms with van der Waals surface area (Å²) in [5.74, 6) is 1.48. The largest absolute Gasteiger partial charge is 0.384 e. The lowest BCUT2D eigenvalue weighted by Gasteiger charge is -2.06. The number of thiophene rings is 1. The van der Waals surface area contributed by atoms with E-state index < -0.39 is 0 Å². The zero-order valence-corrected chi connectivity index (χ0v) is 10.6. The van der Waals surface area contributed by atoms with Crippen LogP contribution < -0.4 is 5.73 Å². The molecule has 0 saturated carbocycles.